The monoisotopic (exact) mass is 317 g/mol. The highest BCUT2D eigenvalue weighted by Crippen LogP contribution is 2.40. The summed E-state index contributed by atoms with van der Waals surface area (Å²) in [5.74, 6) is -0.397. The molecule has 0 saturated heterocycles. The number of anilines is 1. The normalized spacial score (nSPS) is 11.5. The number of phenolic OH excluding ortho intramolecular Hbond substituents is 1. The van der Waals surface area contributed by atoms with Gasteiger partial charge >= 0.3 is 6.18 Å². The van der Waals surface area contributed by atoms with Gasteiger partial charge in [-0.1, -0.05) is 0 Å². The van der Waals surface area contributed by atoms with Crippen LogP contribution in [0.5, 0.6) is 5.75 Å². The first kappa shape index (κ1) is 11.4. The maximum Gasteiger partial charge on any atom is 0.418 e. The molecule has 14 heavy (non-hydrogen) atoms. The molecule has 0 radical (unpaired) electrons. The van der Waals surface area contributed by atoms with Crippen molar-refractivity contribution in [1.29, 1.82) is 0 Å². The van der Waals surface area contributed by atoms with Crippen LogP contribution in [-0.4, -0.2) is 12.2 Å². The fourth-order valence-electron chi connectivity index (χ4n) is 1.08. The van der Waals surface area contributed by atoms with E-state index in [1.54, 1.807) is 22.6 Å². The van der Waals surface area contributed by atoms with Gasteiger partial charge in [0.1, 0.15) is 5.75 Å². The molecule has 0 fully saturated rings. The standard InChI is InChI=1S/C8H7F3INO/c1-13-7-5(8(9,10)11)2-4(12)3-6(7)14/h2-3,13-14H,1H3. The summed E-state index contributed by atoms with van der Waals surface area (Å²) in [6.45, 7) is 0. The van der Waals surface area contributed by atoms with Crippen molar-refractivity contribution in [3.63, 3.8) is 0 Å². The fourth-order valence-corrected chi connectivity index (χ4v) is 1.69. The van der Waals surface area contributed by atoms with Gasteiger partial charge in [0.15, 0.2) is 0 Å². The first-order valence-corrected chi connectivity index (χ1v) is 4.71. The third-order valence-electron chi connectivity index (χ3n) is 1.64. The molecule has 78 valence electrons. The Morgan fingerprint density at radius 3 is 2.36 bits per heavy atom. The Morgan fingerprint density at radius 2 is 1.93 bits per heavy atom. The summed E-state index contributed by atoms with van der Waals surface area (Å²) in [5, 5.41) is 11.6. The summed E-state index contributed by atoms with van der Waals surface area (Å²) < 4.78 is 37.7. The van der Waals surface area contributed by atoms with Gasteiger partial charge in [0.05, 0.1) is 11.3 Å². The Morgan fingerprint density at radius 1 is 1.36 bits per heavy atom. The number of phenols is 1. The van der Waals surface area contributed by atoms with Gasteiger partial charge in [-0.15, -0.1) is 0 Å². The van der Waals surface area contributed by atoms with E-state index >= 15 is 0 Å². The number of nitrogens with one attached hydrogen (secondary N) is 1. The summed E-state index contributed by atoms with van der Waals surface area (Å²) in [6.07, 6.45) is -4.46. The largest absolute Gasteiger partial charge is 0.506 e. The Labute approximate surface area is 92.3 Å². The molecular weight excluding hydrogens is 310 g/mol. The molecule has 1 aromatic carbocycles. The lowest BCUT2D eigenvalue weighted by Gasteiger charge is -2.14. The predicted molar refractivity (Wildman–Crippen MR) is 55.4 cm³/mol. The van der Waals surface area contributed by atoms with Crippen molar-refractivity contribution in [3.8, 4) is 5.75 Å². The number of halogens is 4. The maximum atomic E-state index is 12.4. The molecule has 0 saturated carbocycles. The van der Waals surface area contributed by atoms with E-state index < -0.39 is 17.5 Å². The summed E-state index contributed by atoms with van der Waals surface area (Å²) in [5.41, 5.74) is -1.15. The third kappa shape index (κ3) is 2.23. The van der Waals surface area contributed by atoms with Gasteiger partial charge in [0, 0.05) is 10.6 Å². The molecule has 2 nitrogen and oxygen atoms in total. The zero-order chi connectivity index (χ0) is 10.9. The SMILES string of the molecule is CNc1c(O)cc(I)cc1C(F)(F)F. The molecule has 0 aliphatic rings. The van der Waals surface area contributed by atoms with Crippen LogP contribution in [0, 0.1) is 3.57 Å². The van der Waals surface area contributed by atoms with Crippen LogP contribution in [0.1, 0.15) is 5.56 Å². The molecule has 1 aromatic rings. The van der Waals surface area contributed by atoms with E-state index in [0.717, 1.165) is 6.07 Å². The van der Waals surface area contributed by atoms with Crippen molar-refractivity contribution in [2.45, 2.75) is 6.18 Å². The van der Waals surface area contributed by atoms with E-state index in [0.29, 0.717) is 3.57 Å². The third-order valence-corrected chi connectivity index (χ3v) is 2.26. The van der Waals surface area contributed by atoms with Gasteiger partial charge in [-0.05, 0) is 34.7 Å². The van der Waals surface area contributed by atoms with Crippen LogP contribution in [-0.2, 0) is 6.18 Å². The van der Waals surface area contributed by atoms with Crippen LogP contribution in [0.3, 0.4) is 0 Å². The van der Waals surface area contributed by atoms with Crippen molar-refractivity contribution >= 4 is 28.3 Å². The average molecular weight is 317 g/mol. The van der Waals surface area contributed by atoms with Crippen molar-refractivity contribution < 1.29 is 18.3 Å². The highest BCUT2D eigenvalue weighted by atomic mass is 127. The van der Waals surface area contributed by atoms with Gasteiger partial charge in [0.25, 0.3) is 0 Å². The van der Waals surface area contributed by atoms with E-state index in [-0.39, 0.29) is 5.69 Å². The van der Waals surface area contributed by atoms with Crippen molar-refractivity contribution in [2.24, 2.45) is 0 Å². The van der Waals surface area contributed by atoms with Gasteiger partial charge < -0.3 is 10.4 Å². The Kier molecular flexibility index (Phi) is 3.13. The molecule has 0 amide bonds. The number of rotatable bonds is 1. The van der Waals surface area contributed by atoms with Gasteiger partial charge in [-0.2, -0.15) is 13.2 Å². The number of hydrogen-bond donors (Lipinski definition) is 2. The highest BCUT2D eigenvalue weighted by Gasteiger charge is 2.34. The van der Waals surface area contributed by atoms with Crippen LogP contribution in [0.4, 0.5) is 18.9 Å². The van der Waals surface area contributed by atoms with Crippen LogP contribution in [0.15, 0.2) is 12.1 Å². The summed E-state index contributed by atoms with van der Waals surface area (Å²) in [4.78, 5) is 0. The first-order chi connectivity index (χ1) is 6.36. The molecule has 0 heterocycles. The quantitative estimate of drug-likeness (QED) is 0.616. The second-order valence-electron chi connectivity index (χ2n) is 2.60. The smallest absolute Gasteiger partial charge is 0.418 e. The zero-order valence-corrected chi connectivity index (χ0v) is 9.27. The van der Waals surface area contributed by atoms with Crippen molar-refractivity contribution in [2.75, 3.05) is 12.4 Å². The Hall–Kier alpha value is -0.660. The minimum atomic E-state index is -4.46. The lowest BCUT2D eigenvalue weighted by molar-refractivity contribution is -0.137. The Balaban J connectivity index is 3.40. The number of benzene rings is 1. The van der Waals surface area contributed by atoms with Crippen LogP contribution < -0.4 is 5.32 Å². The molecule has 0 aromatic heterocycles. The second kappa shape index (κ2) is 3.84. The van der Waals surface area contributed by atoms with Crippen LogP contribution in [0.2, 0.25) is 0 Å². The van der Waals surface area contributed by atoms with Crippen LogP contribution in [0.25, 0.3) is 0 Å². The molecule has 0 atom stereocenters. The van der Waals surface area contributed by atoms with Gasteiger partial charge in [-0.3, -0.25) is 0 Å². The van der Waals surface area contributed by atoms with E-state index in [1.807, 2.05) is 0 Å². The second-order valence-corrected chi connectivity index (χ2v) is 3.84. The maximum absolute atomic E-state index is 12.4. The average Bonchev–Trinajstić information content (AvgIpc) is 2.01. The molecule has 2 N–H and O–H groups in total. The predicted octanol–water partition coefficient (Wildman–Crippen LogP) is 3.06. The molecule has 1 rings (SSSR count). The molecule has 0 aliphatic heterocycles. The first-order valence-electron chi connectivity index (χ1n) is 3.63. The molecular formula is C8H7F3INO. The minimum Gasteiger partial charge on any atom is -0.506 e. The molecule has 0 aliphatic carbocycles. The Bertz CT molecular complexity index is 351. The van der Waals surface area contributed by atoms with E-state index in [9.17, 15) is 18.3 Å². The summed E-state index contributed by atoms with van der Waals surface area (Å²) >= 11 is 1.72. The number of aromatic hydroxyl groups is 1. The van der Waals surface area contributed by atoms with Crippen molar-refractivity contribution in [3.05, 3.63) is 21.3 Å². The molecule has 0 bridgehead atoms. The molecule has 0 unspecified atom stereocenters. The van der Waals surface area contributed by atoms with Crippen LogP contribution >= 0.6 is 22.6 Å². The summed E-state index contributed by atoms with van der Waals surface area (Å²) in [7, 11) is 1.33. The van der Waals surface area contributed by atoms with E-state index in [1.165, 1.54) is 13.1 Å². The van der Waals surface area contributed by atoms with E-state index in [2.05, 4.69) is 5.32 Å². The van der Waals surface area contributed by atoms with Crippen molar-refractivity contribution in [1.82, 2.24) is 0 Å². The van der Waals surface area contributed by atoms with Gasteiger partial charge in [-0.25, -0.2) is 0 Å². The molecule has 6 heteroatoms. The van der Waals surface area contributed by atoms with E-state index in [4.69, 9.17) is 0 Å². The molecule has 0 spiro atoms. The zero-order valence-electron chi connectivity index (χ0n) is 7.11. The fraction of sp³-hybridized carbons (Fsp3) is 0.250. The summed E-state index contributed by atoms with van der Waals surface area (Å²) in [6, 6.07) is 2.24. The highest BCUT2D eigenvalue weighted by molar-refractivity contribution is 14.1. The lowest BCUT2D eigenvalue weighted by atomic mass is 10.1. The number of alkyl halides is 3. The number of hydrogen-bond acceptors (Lipinski definition) is 2. The minimum absolute atomic E-state index is 0.294. The lowest BCUT2D eigenvalue weighted by Crippen LogP contribution is -2.09. The topological polar surface area (TPSA) is 32.3 Å². The van der Waals surface area contributed by atoms with Gasteiger partial charge in [0.2, 0.25) is 0 Å².